The van der Waals surface area contributed by atoms with Crippen LogP contribution in [0.25, 0.3) is 0 Å². The molecule has 1 amide bonds. The van der Waals surface area contributed by atoms with Crippen LogP contribution in [0.5, 0.6) is 0 Å². The van der Waals surface area contributed by atoms with E-state index in [2.05, 4.69) is 12.2 Å². The molecule has 1 atom stereocenters. The average Bonchev–Trinajstić information content (AvgIpc) is 3.31. The summed E-state index contributed by atoms with van der Waals surface area (Å²) in [4.78, 5) is 13.9. The maximum Gasteiger partial charge on any atom is 0.282 e. The number of amides is 1. The molecule has 0 radical (unpaired) electrons. The molecule has 3 aliphatic rings. The summed E-state index contributed by atoms with van der Waals surface area (Å²) in [6.07, 6.45) is 4.23. The standard InChI is InChI=1S/C15H28N4O3S/c1-13-3-2-6-19(11-13)23(21,22)18-9-7-17(8-10-18)12-15(20)16-14-4-5-14/h13-14H,2-12H2,1H3,(H,16,20). The Morgan fingerprint density at radius 1 is 1.04 bits per heavy atom. The first kappa shape index (κ1) is 17.1. The van der Waals surface area contributed by atoms with Gasteiger partial charge in [0.2, 0.25) is 5.91 Å². The Kier molecular flexibility index (Phi) is 5.25. The second-order valence-corrected chi connectivity index (χ2v) is 9.06. The molecule has 2 saturated heterocycles. The number of rotatable bonds is 5. The Labute approximate surface area is 139 Å². The molecule has 1 saturated carbocycles. The van der Waals surface area contributed by atoms with Gasteiger partial charge < -0.3 is 5.32 Å². The minimum Gasteiger partial charge on any atom is -0.352 e. The number of nitrogens with zero attached hydrogens (tertiary/aromatic N) is 3. The van der Waals surface area contributed by atoms with Crippen LogP contribution in [0.15, 0.2) is 0 Å². The van der Waals surface area contributed by atoms with E-state index in [4.69, 9.17) is 0 Å². The van der Waals surface area contributed by atoms with Gasteiger partial charge in [-0.2, -0.15) is 17.0 Å². The molecular formula is C15H28N4O3S. The molecule has 2 aliphatic heterocycles. The van der Waals surface area contributed by atoms with Crippen molar-refractivity contribution in [3.05, 3.63) is 0 Å². The molecule has 0 aromatic carbocycles. The molecule has 1 N–H and O–H groups in total. The van der Waals surface area contributed by atoms with Crippen LogP contribution in [0.4, 0.5) is 0 Å². The van der Waals surface area contributed by atoms with Gasteiger partial charge >= 0.3 is 0 Å². The minimum atomic E-state index is -3.34. The van der Waals surface area contributed by atoms with Gasteiger partial charge in [-0.25, -0.2) is 0 Å². The lowest BCUT2D eigenvalue weighted by molar-refractivity contribution is -0.122. The first-order valence-electron chi connectivity index (χ1n) is 8.72. The lowest BCUT2D eigenvalue weighted by Crippen LogP contribution is -2.55. The van der Waals surface area contributed by atoms with E-state index in [1.165, 1.54) is 0 Å². The Hall–Kier alpha value is -0.700. The van der Waals surface area contributed by atoms with Gasteiger partial charge in [0.25, 0.3) is 10.2 Å². The molecule has 0 spiro atoms. The fourth-order valence-corrected chi connectivity index (χ4v) is 5.10. The lowest BCUT2D eigenvalue weighted by Gasteiger charge is -2.38. The van der Waals surface area contributed by atoms with E-state index in [0.29, 0.717) is 57.8 Å². The summed E-state index contributed by atoms with van der Waals surface area (Å²) in [7, 11) is -3.34. The van der Waals surface area contributed by atoms with Crippen LogP contribution in [-0.2, 0) is 15.0 Å². The maximum atomic E-state index is 12.7. The number of hydrogen-bond donors (Lipinski definition) is 1. The maximum absolute atomic E-state index is 12.7. The summed E-state index contributed by atoms with van der Waals surface area (Å²) < 4.78 is 28.7. The number of piperazine rings is 1. The van der Waals surface area contributed by atoms with Crippen LogP contribution >= 0.6 is 0 Å². The van der Waals surface area contributed by atoms with Crippen molar-refractivity contribution in [2.45, 2.75) is 38.6 Å². The number of piperidine rings is 1. The van der Waals surface area contributed by atoms with E-state index in [9.17, 15) is 13.2 Å². The monoisotopic (exact) mass is 344 g/mol. The Morgan fingerprint density at radius 2 is 1.74 bits per heavy atom. The molecule has 7 nitrogen and oxygen atoms in total. The second kappa shape index (κ2) is 7.04. The lowest BCUT2D eigenvalue weighted by atomic mass is 10.0. The molecule has 1 aliphatic carbocycles. The van der Waals surface area contributed by atoms with Crippen molar-refractivity contribution in [1.29, 1.82) is 0 Å². The van der Waals surface area contributed by atoms with E-state index in [-0.39, 0.29) is 5.91 Å². The fraction of sp³-hybridized carbons (Fsp3) is 0.933. The smallest absolute Gasteiger partial charge is 0.282 e. The average molecular weight is 344 g/mol. The molecule has 2 heterocycles. The Morgan fingerprint density at radius 3 is 2.35 bits per heavy atom. The fourth-order valence-electron chi connectivity index (χ4n) is 3.34. The van der Waals surface area contributed by atoms with Gasteiger partial charge in [0.15, 0.2) is 0 Å². The highest BCUT2D eigenvalue weighted by Gasteiger charge is 2.34. The Bertz CT molecular complexity index is 527. The van der Waals surface area contributed by atoms with Crippen molar-refractivity contribution < 1.29 is 13.2 Å². The molecule has 1 unspecified atom stereocenters. The summed E-state index contributed by atoms with van der Waals surface area (Å²) in [5, 5.41) is 2.98. The van der Waals surface area contributed by atoms with E-state index >= 15 is 0 Å². The SMILES string of the molecule is CC1CCCN(S(=O)(=O)N2CCN(CC(=O)NC3CC3)CC2)C1. The predicted molar refractivity (Wildman–Crippen MR) is 88.1 cm³/mol. The zero-order chi connectivity index (χ0) is 16.4. The van der Waals surface area contributed by atoms with Gasteiger partial charge in [0.1, 0.15) is 0 Å². The third-order valence-corrected chi connectivity index (χ3v) is 6.92. The molecular weight excluding hydrogens is 316 g/mol. The van der Waals surface area contributed by atoms with Gasteiger partial charge in [0.05, 0.1) is 6.54 Å². The van der Waals surface area contributed by atoms with E-state index in [1.54, 1.807) is 8.61 Å². The van der Waals surface area contributed by atoms with Crippen molar-refractivity contribution in [3.63, 3.8) is 0 Å². The molecule has 8 heteroatoms. The van der Waals surface area contributed by atoms with Gasteiger partial charge in [-0.1, -0.05) is 6.92 Å². The number of nitrogens with one attached hydrogen (secondary N) is 1. The summed E-state index contributed by atoms with van der Waals surface area (Å²) >= 11 is 0. The van der Waals surface area contributed by atoms with Crippen molar-refractivity contribution in [2.75, 3.05) is 45.8 Å². The highest BCUT2D eigenvalue weighted by atomic mass is 32.2. The second-order valence-electron chi connectivity index (χ2n) is 7.13. The normalized spacial score (nSPS) is 28.7. The topological polar surface area (TPSA) is 73.0 Å². The van der Waals surface area contributed by atoms with Crippen molar-refractivity contribution in [2.24, 2.45) is 5.92 Å². The largest absolute Gasteiger partial charge is 0.352 e. The first-order chi connectivity index (χ1) is 10.9. The van der Waals surface area contributed by atoms with Gasteiger partial charge in [0, 0.05) is 45.3 Å². The van der Waals surface area contributed by atoms with Crippen molar-refractivity contribution in [1.82, 2.24) is 18.8 Å². The van der Waals surface area contributed by atoms with Crippen LogP contribution in [-0.4, -0.2) is 79.7 Å². The van der Waals surface area contributed by atoms with E-state index < -0.39 is 10.2 Å². The van der Waals surface area contributed by atoms with E-state index in [1.807, 2.05) is 4.90 Å². The molecule has 3 rings (SSSR count). The zero-order valence-corrected chi connectivity index (χ0v) is 14.7. The number of hydrogen-bond acceptors (Lipinski definition) is 4. The van der Waals surface area contributed by atoms with Gasteiger partial charge in [-0.05, 0) is 31.6 Å². The zero-order valence-electron chi connectivity index (χ0n) is 13.9. The van der Waals surface area contributed by atoms with Gasteiger partial charge in [-0.3, -0.25) is 9.69 Å². The molecule has 0 bridgehead atoms. The number of carbonyl (C=O) groups excluding carboxylic acids is 1. The number of carbonyl (C=O) groups is 1. The van der Waals surface area contributed by atoms with Crippen molar-refractivity contribution >= 4 is 16.1 Å². The highest BCUT2D eigenvalue weighted by Crippen LogP contribution is 2.21. The third kappa shape index (κ3) is 4.43. The van der Waals surface area contributed by atoms with Crippen molar-refractivity contribution in [3.8, 4) is 0 Å². The molecule has 0 aromatic heterocycles. The van der Waals surface area contributed by atoms with Crippen LogP contribution in [0, 0.1) is 5.92 Å². The van der Waals surface area contributed by atoms with Crippen LogP contribution in [0.3, 0.4) is 0 Å². The van der Waals surface area contributed by atoms with Crippen LogP contribution < -0.4 is 5.32 Å². The van der Waals surface area contributed by atoms with Crippen LogP contribution in [0.2, 0.25) is 0 Å². The van der Waals surface area contributed by atoms with Crippen LogP contribution in [0.1, 0.15) is 32.6 Å². The molecule has 23 heavy (non-hydrogen) atoms. The molecule has 132 valence electrons. The van der Waals surface area contributed by atoms with E-state index in [0.717, 1.165) is 25.7 Å². The summed E-state index contributed by atoms with van der Waals surface area (Å²) in [5.74, 6) is 0.500. The molecule has 0 aromatic rings. The summed E-state index contributed by atoms with van der Waals surface area (Å²) in [5.41, 5.74) is 0. The quantitative estimate of drug-likeness (QED) is 0.753. The Balaban J connectivity index is 1.48. The minimum absolute atomic E-state index is 0.0636. The summed E-state index contributed by atoms with van der Waals surface area (Å²) in [6.45, 7) is 5.96. The summed E-state index contributed by atoms with van der Waals surface area (Å²) in [6, 6.07) is 0.380. The highest BCUT2D eigenvalue weighted by molar-refractivity contribution is 7.86. The molecule has 3 fully saturated rings. The first-order valence-corrected chi connectivity index (χ1v) is 10.1. The predicted octanol–water partition coefficient (Wildman–Crippen LogP) is -0.141. The van der Waals surface area contributed by atoms with Gasteiger partial charge in [-0.15, -0.1) is 0 Å². The third-order valence-electron chi connectivity index (χ3n) is 4.91.